The number of carbonyl (C=O) groups is 1. The van der Waals surface area contributed by atoms with Crippen molar-refractivity contribution < 1.29 is 9.18 Å². The number of carbonyl (C=O) groups excluding carboxylic acids is 1. The smallest absolute Gasteiger partial charge is 0.271 e. The normalized spacial score (nSPS) is 12.8. The zero-order valence-corrected chi connectivity index (χ0v) is 18.0. The zero-order chi connectivity index (χ0) is 21.8. The fourth-order valence-electron chi connectivity index (χ4n) is 3.41. The number of rotatable bonds is 6. The molecule has 2 aromatic carbocycles. The molecule has 1 aromatic heterocycles. The first-order valence-corrected chi connectivity index (χ1v) is 10.6. The first kappa shape index (κ1) is 21.3. The Balaban J connectivity index is 1.50. The molecule has 2 heterocycles. The Morgan fingerprint density at radius 1 is 1.16 bits per heavy atom. The van der Waals surface area contributed by atoms with E-state index in [-0.39, 0.29) is 23.2 Å². The molecular formula is C22H20Cl2FN5O. The molecule has 0 aliphatic carbocycles. The Morgan fingerprint density at radius 3 is 2.77 bits per heavy atom. The van der Waals surface area contributed by atoms with Gasteiger partial charge in [0.25, 0.3) is 5.91 Å². The van der Waals surface area contributed by atoms with E-state index in [1.165, 1.54) is 12.1 Å². The molecule has 9 heteroatoms. The molecule has 2 N–H and O–H groups in total. The standard InChI is InChI=1S/C22H20Cl2FN5O/c23-16-6-7-17(25)20(24)15(16)13-30-11-10-26-21-19(30)12-18(28-29-21)22(31)27-9-8-14-4-2-1-3-5-14/h1-7,12H,8-11,13H2,(H,26,29)(H,27,31). The molecular weight excluding hydrogens is 440 g/mol. The van der Waals surface area contributed by atoms with Crippen molar-refractivity contribution in [2.45, 2.75) is 13.0 Å². The molecule has 4 rings (SSSR count). The number of nitrogens with one attached hydrogen (secondary N) is 2. The molecule has 0 bridgehead atoms. The third-order valence-electron chi connectivity index (χ3n) is 5.05. The van der Waals surface area contributed by atoms with Gasteiger partial charge in [0.05, 0.1) is 10.7 Å². The van der Waals surface area contributed by atoms with Gasteiger partial charge in [-0.05, 0) is 30.2 Å². The first-order chi connectivity index (χ1) is 15.0. The van der Waals surface area contributed by atoms with Crippen LogP contribution in [-0.4, -0.2) is 35.7 Å². The molecule has 0 fully saturated rings. The van der Waals surface area contributed by atoms with Gasteiger partial charge in [0.15, 0.2) is 11.5 Å². The van der Waals surface area contributed by atoms with Gasteiger partial charge in [-0.1, -0.05) is 53.5 Å². The zero-order valence-electron chi connectivity index (χ0n) is 16.5. The van der Waals surface area contributed by atoms with Gasteiger partial charge in [0.2, 0.25) is 0 Å². The number of aromatic nitrogens is 2. The highest BCUT2D eigenvalue weighted by Crippen LogP contribution is 2.33. The third-order valence-corrected chi connectivity index (χ3v) is 5.81. The first-order valence-electron chi connectivity index (χ1n) is 9.84. The average Bonchev–Trinajstić information content (AvgIpc) is 2.79. The monoisotopic (exact) mass is 459 g/mol. The largest absolute Gasteiger partial charge is 0.365 e. The lowest BCUT2D eigenvalue weighted by Crippen LogP contribution is -2.35. The SMILES string of the molecule is O=C(NCCc1ccccc1)c1cc2c(nn1)NCCN2Cc1c(Cl)ccc(F)c1Cl. The lowest BCUT2D eigenvalue weighted by molar-refractivity contribution is 0.0948. The highest BCUT2D eigenvalue weighted by atomic mass is 35.5. The van der Waals surface area contributed by atoms with Crippen LogP contribution in [0.25, 0.3) is 0 Å². The summed E-state index contributed by atoms with van der Waals surface area (Å²) in [5.41, 5.74) is 2.52. The molecule has 3 aromatic rings. The lowest BCUT2D eigenvalue weighted by Gasteiger charge is -2.31. The number of amides is 1. The van der Waals surface area contributed by atoms with Crippen LogP contribution in [0.4, 0.5) is 15.9 Å². The Bertz CT molecular complexity index is 1100. The second-order valence-corrected chi connectivity index (χ2v) is 7.91. The Hall–Kier alpha value is -2.90. The van der Waals surface area contributed by atoms with E-state index in [2.05, 4.69) is 20.8 Å². The van der Waals surface area contributed by atoms with E-state index in [0.29, 0.717) is 41.7 Å². The Morgan fingerprint density at radius 2 is 1.97 bits per heavy atom. The van der Waals surface area contributed by atoms with Gasteiger partial charge in [-0.3, -0.25) is 4.79 Å². The van der Waals surface area contributed by atoms with Crippen molar-refractivity contribution in [3.05, 3.63) is 81.2 Å². The summed E-state index contributed by atoms with van der Waals surface area (Å²) < 4.78 is 13.9. The van der Waals surface area contributed by atoms with Gasteiger partial charge in [-0.2, -0.15) is 0 Å². The van der Waals surface area contributed by atoms with Crippen LogP contribution in [0.15, 0.2) is 48.5 Å². The minimum atomic E-state index is -0.525. The van der Waals surface area contributed by atoms with Gasteiger partial charge in [0, 0.05) is 36.8 Å². The van der Waals surface area contributed by atoms with Crippen molar-refractivity contribution in [1.82, 2.24) is 15.5 Å². The summed E-state index contributed by atoms with van der Waals surface area (Å²) in [6.45, 7) is 1.99. The van der Waals surface area contributed by atoms with Gasteiger partial charge >= 0.3 is 0 Å². The molecule has 31 heavy (non-hydrogen) atoms. The van der Waals surface area contributed by atoms with Gasteiger partial charge < -0.3 is 15.5 Å². The lowest BCUT2D eigenvalue weighted by atomic mass is 10.1. The summed E-state index contributed by atoms with van der Waals surface area (Å²) in [5.74, 6) is -0.280. The van der Waals surface area contributed by atoms with Crippen LogP contribution < -0.4 is 15.5 Å². The second-order valence-electron chi connectivity index (χ2n) is 7.13. The van der Waals surface area contributed by atoms with E-state index in [1.54, 1.807) is 6.07 Å². The molecule has 6 nitrogen and oxygen atoms in total. The van der Waals surface area contributed by atoms with E-state index >= 15 is 0 Å². The summed E-state index contributed by atoms with van der Waals surface area (Å²) in [5, 5.41) is 14.6. The molecule has 0 unspecified atom stereocenters. The van der Waals surface area contributed by atoms with Crippen LogP contribution >= 0.6 is 23.2 Å². The van der Waals surface area contributed by atoms with Gasteiger partial charge in [-0.25, -0.2) is 4.39 Å². The second kappa shape index (κ2) is 9.49. The highest BCUT2D eigenvalue weighted by molar-refractivity contribution is 6.36. The van der Waals surface area contributed by atoms with E-state index in [9.17, 15) is 9.18 Å². The van der Waals surface area contributed by atoms with E-state index in [0.717, 1.165) is 12.0 Å². The summed E-state index contributed by atoms with van der Waals surface area (Å²) in [6, 6.07) is 14.3. The third kappa shape index (κ3) is 4.89. The number of nitrogens with zero attached hydrogens (tertiary/aromatic N) is 3. The summed E-state index contributed by atoms with van der Waals surface area (Å²) in [6.07, 6.45) is 0.717. The van der Waals surface area contributed by atoms with Crippen LogP contribution in [0.5, 0.6) is 0 Å². The molecule has 1 amide bonds. The molecule has 1 aliphatic rings. The highest BCUT2D eigenvalue weighted by Gasteiger charge is 2.23. The molecule has 1 aliphatic heterocycles. The van der Waals surface area contributed by atoms with Crippen molar-refractivity contribution >= 4 is 40.6 Å². The molecule has 160 valence electrons. The maximum atomic E-state index is 13.9. The van der Waals surface area contributed by atoms with Gasteiger partial charge in [-0.15, -0.1) is 10.2 Å². The van der Waals surface area contributed by atoms with Crippen LogP contribution in [0.1, 0.15) is 21.6 Å². The van der Waals surface area contributed by atoms with Crippen LogP contribution in [-0.2, 0) is 13.0 Å². The van der Waals surface area contributed by atoms with E-state index in [1.807, 2.05) is 35.2 Å². The average molecular weight is 460 g/mol. The maximum Gasteiger partial charge on any atom is 0.271 e. The number of benzene rings is 2. The minimum absolute atomic E-state index is 0.00604. The number of anilines is 2. The van der Waals surface area contributed by atoms with E-state index in [4.69, 9.17) is 23.2 Å². The molecule has 0 saturated heterocycles. The summed E-state index contributed by atoms with van der Waals surface area (Å²) in [4.78, 5) is 14.5. The number of halogens is 3. The van der Waals surface area contributed by atoms with Crippen molar-refractivity contribution in [2.75, 3.05) is 29.9 Å². The van der Waals surface area contributed by atoms with Crippen molar-refractivity contribution in [3.8, 4) is 0 Å². The van der Waals surface area contributed by atoms with Crippen molar-refractivity contribution in [2.24, 2.45) is 0 Å². The summed E-state index contributed by atoms with van der Waals surface area (Å²) >= 11 is 12.4. The molecule has 0 atom stereocenters. The number of hydrogen-bond acceptors (Lipinski definition) is 5. The predicted octanol–water partition coefficient (Wildman–Crippen LogP) is 4.33. The van der Waals surface area contributed by atoms with Crippen molar-refractivity contribution in [3.63, 3.8) is 0 Å². The molecule has 0 saturated carbocycles. The minimum Gasteiger partial charge on any atom is -0.365 e. The quantitative estimate of drug-likeness (QED) is 0.536. The number of hydrogen-bond donors (Lipinski definition) is 2. The fourth-order valence-corrected chi connectivity index (χ4v) is 3.90. The molecule has 0 radical (unpaired) electrons. The van der Waals surface area contributed by atoms with Gasteiger partial charge in [0.1, 0.15) is 5.82 Å². The Labute approximate surface area is 189 Å². The molecule has 0 spiro atoms. The number of fused-ring (bicyclic) bond motifs is 1. The topological polar surface area (TPSA) is 70.1 Å². The predicted molar refractivity (Wildman–Crippen MR) is 120 cm³/mol. The van der Waals surface area contributed by atoms with Crippen LogP contribution in [0, 0.1) is 5.82 Å². The van der Waals surface area contributed by atoms with Crippen LogP contribution in [0.3, 0.4) is 0 Å². The maximum absolute atomic E-state index is 13.9. The van der Waals surface area contributed by atoms with E-state index < -0.39 is 5.82 Å². The summed E-state index contributed by atoms with van der Waals surface area (Å²) in [7, 11) is 0. The van der Waals surface area contributed by atoms with Crippen LogP contribution in [0.2, 0.25) is 10.0 Å². The van der Waals surface area contributed by atoms with Crippen molar-refractivity contribution in [1.29, 1.82) is 0 Å². The fraction of sp³-hybridized carbons (Fsp3) is 0.227. The Kier molecular flexibility index (Phi) is 6.53.